The summed E-state index contributed by atoms with van der Waals surface area (Å²) in [5.74, 6) is 1.64. The Balaban J connectivity index is 1.22. The van der Waals surface area contributed by atoms with Gasteiger partial charge in [0.15, 0.2) is 0 Å². The van der Waals surface area contributed by atoms with Gasteiger partial charge in [-0.3, -0.25) is 0 Å². The van der Waals surface area contributed by atoms with Crippen LogP contribution in [0.2, 0.25) is 0 Å². The first-order valence-electron chi connectivity index (χ1n) is 16.8. The molecule has 0 bridgehead atoms. The van der Waals surface area contributed by atoms with Gasteiger partial charge in [0, 0.05) is 5.92 Å². The number of benzene rings is 4. The molecule has 4 unspecified atom stereocenters. The minimum atomic E-state index is 0.183. The average molecular weight is 565 g/mol. The molecular formula is C43H48. The largest absolute Gasteiger partial charge is 0.0769 e. The quantitative estimate of drug-likeness (QED) is 0.187. The van der Waals surface area contributed by atoms with Gasteiger partial charge in [0.05, 0.1) is 0 Å². The molecule has 1 saturated carbocycles. The van der Waals surface area contributed by atoms with Gasteiger partial charge in [0.1, 0.15) is 0 Å². The van der Waals surface area contributed by atoms with Crippen LogP contribution in [0.15, 0.2) is 84.9 Å². The van der Waals surface area contributed by atoms with Gasteiger partial charge in [-0.15, -0.1) is 0 Å². The summed E-state index contributed by atoms with van der Waals surface area (Å²) in [5, 5.41) is 0. The van der Waals surface area contributed by atoms with Crippen molar-refractivity contribution in [1.29, 1.82) is 0 Å². The highest BCUT2D eigenvalue weighted by atomic mass is 14.7. The Labute approximate surface area is 260 Å². The highest BCUT2D eigenvalue weighted by molar-refractivity contribution is 5.83. The summed E-state index contributed by atoms with van der Waals surface area (Å²) in [6, 6.07) is 30.2. The highest BCUT2D eigenvalue weighted by Gasteiger charge is 2.68. The van der Waals surface area contributed by atoms with Gasteiger partial charge < -0.3 is 0 Å². The third kappa shape index (κ3) is 4.31. The highest BCUT2D eigenvalue weighted by Crippen LogP contribution is 2.74. The van der Waals surface area contributed by atoms with E-state index in [2.05, 4.69) is 133 Å². The summed E-state index contributed by atoms with van der Waals surface area (Å²) in [5.41, 5.74) is 18.2. The van der Waals surface area contributed by atoms with Crippen molar-refractivity contribution < 1.29 is 0 Å². The predicted molar refractivity (Wildman–Crippen MR) is 185 cm³/mol. The second kappa shape index (κ2) is 10.4. The number of rotatable bonds is 8. The zero-order valence-corrected chi connectivity index (χ0v) is 27.4. The number of allylic oxidation sites excluding steroid dienone is 2. The fourth-order valence-electron chi connectivity index (χ4n) is 9.42. The van der Waals surface area contributed by atoms with Crippen LogP contribution in [0.3, 0.4) is 0 Å². The lowest BCUT2D eigenvalue weighted by Gasteiger charge is -2.43. The van der Waals surface area contributed by atoms with E-state index in [-0.39, 0.29) is 10.8 Å². The Morgan fingerprint density at radius 2 is 1.51 bits per heavy atom. The Bertz CT molecular complexity index is 1710. The van der Waals surface area contributed by atoms with Crippen LogP contribution in [0.1, 0.15) is 105 Å². The molecule has 0 aromatic heterocycles. The van der Waals surface area contributed by atoms with Gasteiger partial charge in [-0.2, -0.15) is 0 Å². The third-order valence-corrected chi connectivity index (χ3v) is 11.9. The first kappa shape index (κ1) is 28.4. The summed E-state index contributed by atoms with van der Waals surface area (Å²) in [6.07, 6.45) is 8.91. The molecule has 0 nitrogen and oxygen atoms in total. The van der Waals surface area contributed by atoms with E-state index in [1.807, 2.05) is 0 Å². The first-order chi connectivity index (χ1) is 20.7. The maximum absolute atomic E-state index is 2.60. The van der Waals surface area contributed by atoms with Crippen molar-refractivity contribution in [3.8, 4) is 22.3 Å². The zero-order chi connectivity index (χ0) is 30.1. The van der Waals surface area contributed by atoms with Crippen LogP contribution >= 0.6 is 0 Å². The number of hydrogen-bond acceptors (Lipinski definition) is 0. The summed E-state index contributed by atoms with van der Waals surface area (Å²) in [6.45, 7) is 17.0. The molecule has 0 amide bonds. The Kier molecular flexibility index (Phi) is 6.84. The average Bonchev–Trinajstić information content (AvgIpc) is 3.43. The monoisotopic (exact) mass is 564 g/mol. The fraction of sp³-hybridized carbons (Fsp3) is 0.395. The van der Waals surface area contributed by atoms with Crippen LogP contribution < -0.4 is 0 Å². The Morgan fingerprint density at radius 3 is 2.21 bits per heavy atom. The van der Waals surface area contributed by atoms with E-state index in [4.69, 9.17) is 0 Å². The molecule has 0 radical (unpaired) electrons. The lowest BCUT2D eigenvalue weighted by atomic mass is 9.61. The van der Waals surface area contributed by atoms with Crippen molar-refractivity contribution in [3.63, 3.8) is 0 Å². The Hall–Kier alpha value is -3.38. The fourth-order valence-corrected chi connectivity index (χ4v) is 9.42. The Morgan fingerprint density at radius 1 is 0.767 bits per heavy atom. The maximum Gasteiger partial charge on any atom is 0.00762 e. The van der Waals surface area contributed by atoms with E-state index in [9.17, 15) is 0 Å². The van der Waals surface area contributed by atoms with Crippen molar-refractivity contribution in [2.24, 2.45) is 17.3 Å². The minimum absolute atomic E-state index is 0.183. The number of fused-ring (bicyclic) bond motifs is 3. The molecule has 7 rings (SSSR count). The molecule has 3 aliphatic carbocycles. The van der Waals surface area contributed by atoms with Gasteiger partial charge in [-0.05, 0) is 123 Å². The summed E-state index contributed by atoms with van der Waals surface area (Å²) in [7, 11) is 0. The van der Waals surface area contributed by atoms with Gasteiger partial charge in [0.25, 0.3) is 0 Å². The molecule has 4 aromatic rings. The van der Waals surface area contributed by atoms with Crippen molar-refractivity contribution in [2.75, 3.05) is 0 Å². The van der Waals surface area contributed by atoms with E-state index in [0.717, 1.165) is 0 Å². The predicted octanol–water partition coefficient (Wildman–Crippen LogP) is 11.9. The molecule has 5 atom stereocenters. The van der Waals surface area contributed by atoms with Crippen molar-refractivity contribution in [1.82, 2.24) is 0 Å². The molecule has 0 saturated heterocycles. The second-order valence-electron chi connectivity index (χ2n) is 14.6. The van der Waals surface area contributed by atoms with Crippen LogP contribution in [0, 0.1) is 31.1 Å². The second-order valence-corrected chi connectivity index (χ2v) is 14.6. The van der Waals surface area contributed by atoms with E-state index in [0.29, 0.717) is 17.8 Å². The molecule has 0 heteroatoms. The van der Waals surface area contributed by atoms with Crippen molar-refractivity contribution in [2.45, 2.75) is 91.9 Å². The molecule has 3 aliphatic rings. The molecule has 0 N–H and O–H groups in total. The molecule has 0 heterocycles. The molecule has 43 heavy (non-hydrogen) atoms. The SMILES string of the molecule is CCCCCc1ccc2c(c1)-c1cccc(C3(C)C[C@@]3(C)C3C(c4c(C)cc(-c5ccccc5)cc4C)=CC3C)c1C2C. The van der Waals surface area contributed by atoms with E-state index >= 15 is 0 Å². The van der Waals surface area contributed by atoms with Crippen LogP contribution in [0.5, 0.6) is 0 Å². The summed E-state index contributed by atoms with van der Waals surface area (Å²) in [4.78, 5) is 0. The van der Waals surface area contributed by atoms with Crippen molar-refractivity contribution >= 4 is 5.57 Å². The smallest absolute Gasteiger partial charge is 0.00762 e. The van der Waals surface area contributed by atoms with Crippen LogP contribution in [0.25, 0.3) is 27.8 Å². The van der Waals surface area contributed by atoms with Crippen LogP contribution in [-0.2, 0) is 11.8 Å². The molecule has 0 aliphatic heterocycles. The van der Waals surface area contributed by atoms with Crippen LogP contribution in [0.4, 0.5) is 0 Å². The number of hydrogen-bond donors (Lipinski definition) is 0. The van der Waals surface area contributed by atoms with Gasteiger partial charge in [-0.1, -0.05) is 132 Å². The summed E-state index contributed by atoms with van der Waals surface area (Å²) >= 11 is 0. The van der Waals surface area contributed by atoms with E-state index in [1.54, 1.807) is 16.7 Å². The first-order valence-corrected chi connectivity index (χ1v) is 16.8. The lowest BCUT2D eigenvalue weighted by Crippen LogP contribution is -2.34. The zero-order valence-electron chi connectivity index (χ0n) is 27.4. The van der Waals surface area contributed by atoms with Gasteiger partial charge >= 0.3 is 0 Å². The summed E-state index contributed by atoms with van der Waals surface area (Å²) < 4.78 is 0. The van der Waals surface area contributed by atoms with Crippen LogP contribution in [-0.4, -0.2) is 0 Å². The minimum Gasteiger partial charge on any atom is -0.0769 e. The molecular weight excluding hydrogens is 516 g/mol. The molecule has 220 valence electrons. The van der Waals surface area contributed by atoms with Gasteiger partial charge in [0.2, 0.25) is 0 Å². The topological polar surface area (TPSA) is 0 Å². The molecule has 0 spiro atoms. The van der Waals surface area contributed by atoms with Crippen molar-refractivity contribution in [3.05, 3.63) is 124 Å². The number of aryl methyl sites for hydroxylation is 3. The van der Waals surface area contributed by atoms with E-state index in [1.165, 1.54) is 82.2 Å². The molecule has 4 aromatic carbocycles. The maximum atomic E-state index is 2.60. The van der Waals surface area contributed by atoms with E-state index < -0.39 is 0 Å². The standard InChI is InChI=1S/C43H48/c1-8-9-11-15-31-20-21-34-30(5)40-35(36(34)25-31)18-14-19-38(40)42(6)26-43(42,7)41-29(4)24-37(41)39-27(2)22-33(23-28(39)3)32-16-12-10-13-17-32/h10,12-14,16-25,29-30,41H,8-9,11,15,26H2,1-7H3/t29?,30?,41?,42?,43-/m0/s1. The third-order valence-electron chi connectivity index (χ3n) is 11.9. The lowest BCUT2D eigenvalue weighted by molar-refractivity contribution is 0.283. The normalized spacial score (nSPS) is 26.9. The van der Waals surface area contributed by atoms with Gasteiger partial charge in [-0.25, -0.2) is 0 Å². The molecule has 1 fully saturated rings. The number of unbranched alkanes of at least 4 members (excludes halogenated alkanes) is 2.